The van der Waals surface area contributed by atoms with Gasteiger partial charge < -0.3 is 9.29 Å². The number of thiol groups is 1. The standard InChI is InChI=1S/C18H34O2S/c1-13(7-5-11-17(2,3)20-21)14-9-10-15-16(19)8-6-12-18(14,15)4/h13-16,19,21H,5-12H2,1-4H3/t13-,14-,15+,16?,18-/m1/s1/i2D3,3D3. The van der Waals surface area contributed by atoms with Crippen molar-refractivity contribution >= 4 is 12.9 Å². The molecule has 0 aromatic rings. The molecule has 0 spiro atoms. The second-order valence-electron chi connectivity index (χ2n) is 7.54. The van der Waals surface area contributed by atoms with E-state index in [0.717, 1.165) is 38.5 Å². The Hall–Kier alpha value is 0.270. The van der Waals surface area contributed by atoms with Crippen LogP contribution in [-0.4, -0.2) is 16.8 Å². The molecule has 0 radical (unpaired) electrons. The van der Waals surface area contributed by atoms with Crippen LogP contribution in [0.1, 0.15) is 87.1 Å². The van der Waals surface area contributed by atoms with Crippen LogP contribution in [0, 0.1) is 23.2 Å². The zero-order chi connectivity index (χ0) is 20.7. The molecule has 124 valence electrons. The van der Waals surface area contributed by atoms with Gasteiger partial charge in [0.05, 0.1) is 11.7 Å². The maximum atomic E-state index is 10.4. The van der Waals surface area contributed by atoms with Crippen molar-refractivity contribution in [3.8, 4) is 0 Å². The molecule has 0 aromatic heterocycles. The van der Waals surface area contributed by atoms with Gasteiger partial charge in [-0.1, -0.05) is 33.1 Å². The van der Waals surface area contributed by atoms with Crippen molar-refractivity contribution in [3.05, 3.63) is 0 Å². The maximum absolute atomic E-state index is 10.4. The van der Waals surface area contributed by atoms with Crippen LogP contribution < -0.4 is 0 Å². The van der Waals surface area contributed by atoms with Crippen LogP contribution in [0.3, 0.4) is 0 Å². The lowest BCUT2D eigenvalue weighted by Crippen LogP contribution is -2.41. The summed E-state index contributed by atoms with van der Waals surface area (Å²) in [5.41, 5.74) is -2.12. The lowest BCUT2D eigenvalue weighted by molar-refractivity contribution is -0.0281. The van der Waals surface area contributed by atoms with E-state index in [1.165, 1.54) is 0 Å². The molecule has 2 nitrogen and oxygen atoms in total. The van der Waals surface area contributed by atoms with Crippen molar-refractivity contribution in [1.82, 2.24) is 0 Å². The van der Waals surface area contributed by atoms with Crippen LogP contribution in [0.15, 0.2) is 0 Å². The largest absolute Gasteiger partial charge is 0.393 e. The molecule has 2 rings (SSSR count). The minimum absolute atomic E-state index is 0.0800. The molecule has 1 N–H and O–H groups in total. The van der Waals surface area contributed by atoms with E-state index in [4.69, 9.17) is 12.4 Å². The summed E-state index contributed by atoms with van der Waals surface area (Å²) in [6.07, 6.45) is 6.09. The quantitative estimate of drug-likeness (QED) is 0.532. The van der Waals surface area contributed by atoms with Gasteiger partial charge in [-0.15, -0.1) is 0 Å². The number of fused-ring (bicyclic) bond motifs is 1. The Labute approximate surface area is 145 Å². The molecule has 1 unspecified atom stereocenters. The summed E-state index contributed by atoms with van der Waals surface area (Å²) in [7, 11) is 0. The lowest BCUT2D eigenvalue weighted by Gasteiger charge is -2.45. The Balaban J connectivity index is 2.04. The van der Waals surface area contributed by atoms with Crippen molar-refractivity contribution in [2.45, 2.75) is 90.6 Å². The SMILES string of the molecule is [2H]C([2H])([2H])C(CCC[C@@H](C)[C@H]1CC[C@H]2C(O)CCC[C@]12C)(OS)C([2H])([2H])[2H]. The van der Waals surface area contributed by atoms with Gasteiger partial charge in [-0.05, 0) is 81.9 Å². The van der Waals surface area contributed by atoms with Gasteiger partial charge in [0, 0.05) is 8.22 Å². The summed E-state index contributed by atoms with van der Waals surface area (Å²) in [5, 5.41) is 10.4. The molecule has 0 saturated heterocycles. The first-order valence-corrected chi connectivity index (χ1v) is 8.67. The average molecular weight is 321 g/mol. The minimum atomic E-state index is -2.78. The van der Waals surface area contributed by atoms with Crippen molar-refractivity contribution in [2.75, 3.05) is 0 Å². The Kier molecular flexibility index (Phi) is 3.54. The molecule has 0 aromatic carbocycles. The van der Waals surface area contributed by atoms with Gasteiger partial charge >= 0.3 is 0 Å². The summed E-state index contributed by atoms with van der Waals surface area (Å²) in [5.74, 6) is 1.17. The van der Waals surface area contributed by atoms with Gasteiger partial charge in [0.2, 0.25) is 0 Å². The topological polar surface area (TPSA) is 29.5 Å². The molecular formula is C18H34O2S. The predicted molar refractivity (Wildman–Crippen MR) is 91.3 cm³/mol. The van der Waals surface area contributed by atoms with Crippen molar-refractivity contribution in [1.29, 1.82) is 0 Å². The Morgan fingerprint density at radius 3 is 2.86 bits per heavy atom. The maximum Gasteiger partial charge on any atom is 0.0769 e. The minimum Gasteiger partial charge on any atom is -0.393 e. The smallest absolute Gasteiger partial charge is 0.0769 e. The molecule has 2 fully saturated rings. The molecule has 0 aliphatic heterocycles. The molecular weight excluding hydrogens is 280 g/mol. The average Bonchev–Trinajstić information content (AvgIpc) is 2.87. The van der Waals surface area contributed by atoms with Gasteiger partial charge in [-0.3, -0.25) is 0 Å². The highest BCUT2D eigenvalue weighted by molar-refractivity contribution is 7.75. The van der Waals surface area contributed by atoms with Gasteiger partial charge in [0.1, 0.15) is 0 Å². The molecule has 3 heteroatoms. The first kappa shape index (κ1) is 10.9. The summed E-state index contributed by atoms with van der Waals surface area (Å²) in [6, 6.07) is 0. The highest BCUT2D eigenvalue weighted by atomic mass is 32.1. The van der Waals surface area contributed by atoms with Crippen molar-refractivity contribution in [2.24, 2.45) is 23.2 Å². The van der Waals surface area contributed by atoms with E-state index in [0.29, 0.717) is 24.2 Å². The van der Waals surface area contributed by atoms with Crippen molar-refractivity contribution in [3.63, 3.8) is 0 Å². The molecule has 0 amide bonds. The molecule has 21 heavy (non-hydrogen) atoms. The summed E-state index contributed by atoms with van der Waals surface area (Å²) >= 11 is 3.64. The summed E-state index contributed by atoms with van der Waals surface area (Å²) < 4.78 is 51.0. The van der Waals surface area contributed by atoms with E-state index in [-0.39, 0.29) is 17.9 Å². The van der Waals surface area contributed by atoms with Gasteiger partial charge in [0.25, 0.3) is 0 Å². The van der Waals surface area contributed by atoms with E-state index >= 15 is 0 Å². The molecule has 2 aliphatic rings. The van der Waals surface area contributed by atoms with Gasteiger partial charge in [-0.25, -0.2) is 0 Å². The summed E-state index contributed by atoms with van der Waals surface area (Å²) in [6.45, 7) is -1.09. The first-order chi connectivity index (χ1) is 12.3. The molecule has 2 saturated carbocycles. The second kappa shape index (κ2) is 6.80. The third kappa shape index (κ3) is 3.79. The Morgan fingerprint density at radius 2 is 2.19 bits per heavy atom. The highest BCUT2D eigenvalue weighted by Crippen LogP contribution is 2.58. The number of rotatable bonds is 6. The van der Waals surface area contributed by atoms with Gasteiger partial charge in [0.15, 0.2) is 0 Å². The molecule has 5 atom stereocenters. The molecule has 2 aliphatic carbocycles. The van der Waals surface area contributed by atoms with Crippen LogP contribution >= 0.6 is 12.9 Å². The third-order valence-corrected chi connectivity index (χ3v) is 6.51. The third-order valence-electron chi connectivity index (χ3n) is 6.19. The normalized spacial score (nSPS) is 43.7. The number of hydrogen-bond donors (Lipinski definition) is 2. The monoisotopic (exact) mass is 320 g/mol. The van der Waals surface area contributed by atoms with Crippen LogP contribution in [0.2, 0.25) is 0 Å². The number of hydrogen-bond acceptors (Lipinski definition) is 3. The summed E-state index contributed by atoms with van der Waals surface area (Å²) in [4.78, 5) is 0. The Morgan fingerprint density at radius 1 is 1.43 bits per heavy atom. The van der Waals surface area contributed by atoms with Crippen LogP contribution in [0.4, 0.5) is 0 Å². The highest BCUT2D eigenvalue weighted by Gasteiger charge is 2.51. The lowest BCUT2D eigenvalue weighted by atomic mass is 9.61. The number of aliphatic hydroxyl groups excluding tert-OH is 1. The van der Waals surface area contributed by atoms with Crippen LogP contribution in [-0.2, 0) is 4.18 Å². The zero-order valence-corrected chi connectivity index (χ0v) is 14.2. The fourth-order valence-corrected chi connectivity index (χ4v) is 5.14. The van der Waals surface area contributed by atoms with Crippen molar-refractivity contribution < 1.29 is 17.5 Å². The fourth-order valence-electron chi connectivity index (χ4n) is 5.04. The van der Waals surface area contributed by atoms with Gasteiger partial charge in [-0.2, -0.15) is 0 Å². The zero-order valence-electron chi connectivity index (χ0n) is 19.3. The van der Waals surface area contributed by atoms with E-state index in [1.807, 2.05) is 0 Å². The van der Waals surface area contributed by atoms with Crippen LogP contribution in [0.25, 0.3) is 0 Å². The fraction of sp³-hybridized carbons (Fsp3) is 1.00. The number of aliphatic hydroxyl groups is 1. The second-order valence-corrected chi connectivity index (χ2v) is 7.73. The molecule has 0 bridgehead atoms. The first-order valence-electron chi connectivity index (χ1n) is 11.3. The predicted octanol–water partition coefficient (Wildman–Crippen LogP) is 5.01. The van der Waals surface area contributed by atoms with E-state index in [2.05, 4.69) is 26.8 Å². The van der Waals surface area contributed by atoms with E-state index in [9.17, 15) is 5.11 Å². The Bertz CT molecular complexity index is 495. The van der Waals surface area contributed by atoms with E-state index < -0.39 is 19.3 Å². The molecule has 0 heterocycles. The van der Waals surface area contributed by atoms with Crippen LogP contribution in [0.5, 0.6) is 0 Å². The van der Waals surface area contributed by atoms with E-state index in [1.54, 1.807) is 0 Å².